The van der Waals surface area contributed by atoms with Gasteiger partial charge in [-0.05, 0) is 48.9 Å². The second-order valence-electron chi connectivity index (χ2n) is 7.69. The van der Waals surface area contributed by atoms with Gasteiger partial charge >= 0.3 is 5.97 Å². The van der Waals surface area contributed by atoms with E-state index in [0.717, 1.165) is 47.7 Å². The molecule has 0 spiro atoms. The van der Waals surface area contributed by atoms with Gasteiger partial charge in [-0.3, -0.25) is 4.79 Å². The summed E-state index contributed by atoms with van der Waals surface area (Å²) in [5, 5.41) is 9.07. The summed E-state index contributed by atoms with van der Waals surface area (Å²) in [7, 11) is 2.05. The number of aliphatic carboxylic acids is 1. The standard InChI is InChI=1S/C24H26N2O3/c1-16-22(26(2)24(25-16)17-6-4-3-5-7-17)12-13-29-20-10-11-21-18(14-20)8-9-19(21)15-23(27)28/h3-7,10-11,14,19H,8-9,12-13,15H2,1-2H3,(H,27,28)/t19-/m0/s1. The fourth-order valence-corrected chi connectivity index (χ4v) is 4.32. The molecule has 0 unspecified atom stereocenters. The largest absolute Gasteiger partial charge is 0.493 e. The van der Waals surface area contributed by atoms with E-state index in [-0.39, 0.29) is 12.3 Å². The van der Waals surface area contributed by atoms with E-state index in [9.17, 15) is 4.79 Å². The second-order valence-corrected chi connectivity index (χ2v) is 7.69. The van der Waals surface area contributed by atoms with Gasteiger partial charge in [0.2, 0.25) is 0 Å². The number of hydrogen-bond donors (Lipinski definition) is 1. The van der Waals surface area contributed by atoms with Crippen molar-refractivity contribution in [1.82, 2.24) is 9.55 Å². The van der Waals surface area contributed by atoms with E-state index in [4.69, 9.17) is 14.8 Å². The van der Waals surface area contributed by atoms with Crippen molar-refractivity contribution in [3.63, 3.8) is 0 Å². The van der Waals surface area contributed by atoms with Gasteiger partial charge in [0.25, 0.3) is 0 Å². The van der Waals surface area contributed by atoms with E-state index >= 15 is 0 Å². The van der Waals surface area contributed by atoms with Crippen molar-refractivity contribution in [1.29, 1.82) is 0 Å². The summed E-state index contributed by atoms with van der Waals surface area (Å²) in [6, 6.07) is 16.3. The van der Waals surface area contributed by atoms with Crippen LogP contribution in [0.15, 0.2) is 48.5 Å². The highest BCUT2D eigenvalue weighted by molar-refractivity contribution is 5.68. The van der Waals surface area contributed by atoms with Crippen molar-refractivity contribution in [2.75, 3.05) is 6.61 Å². The molecule has 0 amide bonds. The second kappa shape index (κ2) is 8.11. The first kappa shape index (κ1) is 19.2. The molecule has 3 aromatic rings. The summed E-state index contributed by atoms with van der Waals surface area (Å²) >= 11 is 0. The smallest absolute Gasteiger partial charge is 0.303 e. The Morgan fingerprint density at radius 3 is 2.79 bits per heavy atom. The van der Waals surface area contributed by atoms with Crippen molar-refractivity contribution in [3.8, 4) is 17.1 Å². The summed E-state index contributed by atoms with van der Waals surface area (Å²) in [5.74, 6) is 1.22. The third-order valence-corrected chi connectivity index (χ3v) is 5.79. The lowest BCUT2D eigenvalue weighted by Crippen LogP contribution is -2.07. The lowest BCUT2D eigenvalue weighted by atomic mass is 9.98. The quantitative estimate of drug-likeness (QED) is 0.644. The third kappa shape index (κ3) is 4.04. The molecular weight excluding hydrogens is 364 g/mol. The number of carboxylic acid groups (broad SMARTS) is 1. The molecule has 29 heavy (non-hydrogen) atoms. The normalized spacial score (nSPS) is 15.3. The molecule has 0 bridgehead atoms. The van der Waals surface area contributed by atoms with Gasteiger partial charge in [0.1, 0.15) is 11.6 Å². The molecule has 5 heteroatoms. The number of carbonyl (C=O) groups is 1. The van der Waals surface area contributed by atoms with Gasteiger partial charge in [-0.1, -0.05) is 36.4 Å². The van der Waals surface area contributed by atoms with E-state index in [1.165, 1.54) is 11.3 Å². The maximum atomic E-state index is 11.0. The van der Waals surface area contributed by atoms with E-state index in [2.05, 4.69) is 29.8 Å². The van der Waals surface area contributed by atoms with Gasteiger partial charge in [0.05, 0.1) is 18.7 Å². The van der Waals surface area contributed by atoms with Crippen LogP contribution in [0.2, 0.25) is 0 Å². The number of aromatic nitrogens is 2. The van der Waals surface area contributed by atoms with Crippen molar-refractivity contribution in [3.05, 3.63) is 71.0 Å². The molecule has 5 nitrogen and oxygen atoms in total. The van der Waals surface area contributed by atoms with Crippen LogP contribution in [0, 0.1) is 6.92 Å². The van der Waals surface area contributed by atoms with Crippen molar-refractivity contribution < 1.29 is 14.6 Å². The van der Waals surface area contributed by atoms with Crippen LogP contribution in [0.5, 0.6) is 5.75 Å². The summed E-state index contributed by atoms with van der Waals surface area (Å²) in [6.45, 7) is 2.62. The summed E-state index contributed by atoms with van der Waals surface area (Å²) in [6.07, 6.45) is 2.81. The minimum Gasteiger partial charge on any atom is -0.493 e. The number of hydrogen-bond acceptors (Lipinski definition) is 3. The Balaban J connectivity index is 1.41. The number of aryl methyl sites for hydroxylation is 2. The highest BCUT2D eigenvalue weighted by Crippen LogP contribution is 2.37. The third-order valence-electron chi connectivity index (χ3n) is 5.79. The Bertz CT molecular complexity index is 1020. The Hall–Kier alpha value is -3.08. The van der Waals surface area contributed by atoms with Crippen LogP contribution in [0.3, 0.4) is 0 Å². The highest BCUT2D eigenvalue weighted by atomic mass is 16.5. The van der Waals surface area contributed by atoms with Crippen LogP contribution in [0.25, 0.3) is 11.4 Å². The average Bonchev–Trinajstić information content (AvgIpc) is 3.23. The molecule has 0 saturated carbocycles. The molecule has 1 aliphatic rings. The number of carboxylic acids is 1. The van der Waals surface area contributed by atoms with Gasteiger partial charge in [0.15, 0.2) is 0 Å². The van der Waals surface area contributed by atoms with Gasteiger partial charge in [-0.2, -0.15) is 0 Å². The summed E-state index contributed by atoms with van der Waals surface area (Å²) < 4.78 is 8.17. The molecule has 0 radical (unpaired) electrons. The predicted octanol–water partition coefficient (Wildman–Crippen LogP) is 4.52. The zero-order valence-electron chi connectivity index (χ0n) is 16.9. The number of nitrogens with zero attached hydrogens (tertiary/aromatic N) is 2. The molecule has 0 aliphatic heterocycles. The number of ether oxygens (including phenoxy) is 1. The Morgan fingerprint density at radius 2 is 2.03 bits per heavy atom. The zero-order valence-corrected chi connectivity index (χ0v) is 16.9. The van der Waals surface area contributed by atoms with Gasteiger partial charge in [-0.25, -0.2) is 4.98 Å². The maximum absolute atomic E-state index is 11.0. The zero-order chi connectivity index (χ0) is 20.4. The Labute approximate surface area is 171 Å². The molecular formula is C24H26N2O3. The highest BCUT2D eigenvalue weighted by Gasteiger charge is 2.25. The Kier molecular flexibility index (Phi) is 5.38. The average molecular weight is 390 g/mol. The van der Waals surface area contributed by atoms with Crippen LogP contribution < -0.4 is 4.74 Å². The Morgan fingerprint density at radius 1 is 1.24 bits per heavy atom. The molecule has 0 fully saturated rings. The fraction of sp³-hybridized carbons (Fsp3) is 0.333. The molecule has 1 N–H and O–H groups in total. The number of rotatable bonds is 7. The van der Waals surface area contributed by atoms with E-state index in [1.807, 2.05) is 37.3 Å². The molecule has 1 aromatic heterocycles. The first-order chi connectivity index (χ1) is 14.0. The van der Waals surface area contributed by atoms with Gasteiger partial charge < -0.3 is 14.4 Å². The van der Waals surface area contributed by atoms with E-state index < -0.39 is 5.97 Å². The monoisotopic (exact) mass is 390 g/mol. The van der Waals surface area contributed by atoms with E-state index in [1.54, 1.807) is 0 Å². The first-order valence-electron chi connectivity index (χ1n) is 10.1. The summed E-state index contributed by atoms with van der Waals surface area (Å²) in [5.41, 5.74) is 5.69. The van der Waals surface area contributed by atoms with Crippen LogP contribution in [-0.4, -0.2) is 27.2 Å². The van der Waals surface area contributed by atoms with Crippen LogP contribution in [-0.2, 0) is 24.7 Å². The van der Waals surface area contributed by atoms with Crippen LogP contribution in [0.4, 0.5) is 0 Å². The molecule has 4 rings (SSSR count). The number of fused-ring (bicyclic) bond motifs is 1. The maximum Gasteiger partial charge on any atom is 0.303 e. The molecule has 1 atom stereocenters. The number of benzene rings is 2. The topological polar surface area (TPSA) is 64.4 Å². The van der Waals surface area contributed by atoms with Gasteiger partial charge in [0, 0.05) is 24.7 Å². The minimum absolute atomic E-state index is 0.130. The SMILES string of the molecule is Cc1nc(-c2ccccc2)n(C)c1CCOc1ccc2c(c1)CC[C@H]2CC(=O)O. The van der Waals surface area contributed by atoms with Crippen molar-refractivity contribution in [2.24, 2.45) is 7.05 Å². The van der Waals surface area contributed by atoms with Crippen LogP contribution in [0.1, 0.15) is 41.3 Å². The van der Waals surface area contributed by atoms with Gasteiger partial charge in [-0.15, -0.1) is 0 Å². The minimum atomic E-state index is -0.732. The first-order valence-corrected chi connectivity index (χ1v) is 10.1. The molecule has 1 heterocycles. The molecule has 0 saturated heterocycles. The molecule has 1 aliphatic carbocycles. The molecule has 150 valence electrons. The lowest BCUT2D eigenvalue weighted by Gasteiger charge is -2.11. The van der Waals surface area contributed by atoms with Crippen LogP contribution >= 0.6 is 0 Å². The van der Waals surface area contributed by atoms with Crippen molar-refractivity contribution in [2.45, 2.75) is 38.5 Å². The van der Waals surface area contributed by atoms with Crippen molar-refractivity contribution >= 4 is 5.97 Å². The number of imidazole rings is 1. The van der Waals surface area contributed by atoms with E-state index in [0.29, 0.717) is 6.61 Å². The predicted molar refractivity (Wildman–Crippen MR) is 112 cm³/mol. The fourth-order valence-electron chi connectivity index (χ4n) is 4.32. The lowest BCUT2D eigenvalue weighted by molar-refractivity contribution is -0.137. The summed E-state index contributed by atoms with van der Waals surface area (Å²) in [4.78, 5) is 15.8. The molecule has 2 aromatic carbocycles.